The Morgan fingerprint density at radius 3 is 2.76 bits per heavy atom. The number of amides is 1. The monoisotopic (exact) mass is 405 g/mol. The molecule has 0 fully saturated rings. The van der Waals surface area contributed by atoms with Crippen molar-refractivity contribution < 1.29 is 4.79 Å². The predicted molar refractivity (Wildman–Crippen MR) is 95.8 cm³/mol. The lowest BCUT2D eigenvalue weighted by Gasteiger charge is -2.16. The van der Waals surface area contributed by atoms with Crippen molar-refractivity contribution in [3.63, 3.8) is 0 Å². The van der Waals surface area contributed by atoms with Crippen molar-refractivity contribution in [2.75, 3.05) is 20.1 Å². The number of nitrogens with two attached hydrogens (primary N) is 1. The minimum Gasteiger partial charge on any atom is -0.370 e. The minimum atomic E-state index is -0.0607. The molecule has 0 saturated heterocycles. The van der Waals surface area contributed by atoms with Crippen LogP contribution in [0.5, 0.6) is 0 Å². The van der Waals surface area contributed by atoms with Crippen molar-refractivity contribution in [1.82, 2.24) is 15.2 Å². The fourth-order valence-corrected chi connectivity index (χ4v) is 1.57. The van der Waals surface area contributed by atoms with Crippen LogP contribution in [0.1, 0.15) is 19.5 Å². The Morgan fingerprint density at radius 2 is 2.19 bits per heavy atom. The van der Waals surface area contributed by atoms with Gasteiger partial charge in [0.1, 0.15) is 6.54 Å². The van der Waals surface area contributed by atoms with Crippen molar-refractivity contribution >= 4 is 35.8 Å². The van der Waals surface area contributed by atoms with Crippen molar-refractivity contribution in [2.24, 2.45) is 10.7 Å². The molecule has 1 amide bonds. The summed E-state index contributed by atoms with van der Waals surface area (Å²) in [5, 5.41) is 2.94. The molecule has 0 aliphatic carbocycles. The molecule has 118 valence electrons. The fourth-order valence-electron chi connectivity index (χ4n) is 1.57. The first kappa shape index (κ1) is 19.6. The van der Waals surface area contributed by atoms with Crippen LogP contribution >= 0.6 is 24.0 Å². The maximum Gasteiger partial charge on any atom is 0.244 e. The van der Waals surface area contributed by atoms with Gasteiger partial charge in [0.05, 0.1) is 0 Å². The Balaban J connectivity index is 0.00000400. The van der Waals surface area contributed by atoms with Crippen LogP contribution in [-0.4, -0.2) is 47.9 Å². The zero-order valence-corrected chi connectivity index (χ0v) is 15.1. The maximum atomic E-state index is 11.9. The van der Waals surface area contributed by atoms with Gasteiger partial charge in [-0.25, -0.2) is 4.99 Å². The Hall–Kier alpha value is -1.38. The molecule has 6 nitrogen and oxygen atoms in total. The molecule has 1 rings (SSSR count). The second-order valence-electron chi connectivity index (χ2n) is 4.89. The molecule has 0 radical (unpaired) electrons. The van der Waals surface area contributed by atoms with Gasteiger partial charge in [-0.2, -0.15) is 0 Å². The number of nitrogens with one attached hydrogen (secondary N) is 1. The molecule has 3 N–H and O–H groups in total. The number of aliphatic imine (C=N–C) groups is 1. The summed E-state index contributed by atoms with van der Waals surface area (Å²) in [5.74, 6) is 0.237. The van der Waals surface area contributed by atoms with Crippen LogP contribution in [0.2, 0.25) is 0 Å². The molecule has 0 aromatic carbocycles. The molecule has 0 atom stereocenters. The maximum absolute atomic E-state index is 11.9. The third-order valence-corrected chi connectivity index (χ3v) is 2.68. The van der Waals surface area contributed by atoms with Crippen LogP contribution < -0.4 is 11.1 Å². The third kappa shape index (κ3) is 8.49. The van der Waals surface area contributed by atoms with E-state index in [1.165, 1.54) is 0 Å². The Bertz CT molecular complexity index is 450. The van der Waals surface area contributed by atoms with Crippen LogP contribution in [0.15, 0.2) is 29.4 Å². The molecule has 1 aromatic rings. The summed E-state index contributed by atoms with van der Waals surface area (Å²) in [4.78, 5) is 21.7. The highest BCUT2D eigenvalue weighted by Crippen LogP contribution is 1.97. The van der Waals surface area contributed by atoms with Crippen LogP contribution in [0.25, 0.3) is 0 Å². The highest BCUT2D eigenvalue weighted by molar-refractivity contribution is 14.0. The van der Waals surface area contributed by atoms with E-state index < -0.39 is 0 Å². The summed E-state index contributed by atoms with van der Waals surface area (Å²) >= 11 is 0. The van der Waals surface area contributed by atoms with Gasteiger partial charge in [0.2, 0.25) is 5.91 Å². The SMILES string of the molecule is CC(C)NC(N)=NCC(=O)N(C)CCc1ccccn1.I. The number of halogens is 1. The first-order valence-corrected chi connectivity index (χ1v) is 6.69. The first-order valence-electron chi connectivity index (χ1n) is 6.69. The molecule has 0 spiro atoms. The van der Waals surface area contributed by atoms with E-state index in [1.54, 1.807) is 18.1 Å². The lowest BCUT2D eigenvalue weighted by atomic mass is 10.2. The number of aromatic nitrogens is 1. The number of likely N-dealkylation sites (N-methyl/N-ethyl adjacent to an activating group) is 1. The number of nitrogens with zero attached hydrogens (tertiary/aromatic N) is 3. The summed E-state index contributed by atoms with van der Waals surface area (Å²) < 4.78 is 0. The largest absolute Gasteiger partial charge is 0.370 e. The second kappa shape index (κ2) is 10.4. The van der Waals surface area contributed by atoms with Gasteiger partial charge in [-0.15, -0.1) is 24.0 Å². The van der Waals surface area contributed by atoms with Gasteiger partial charge < -0.3 is 16.0 Å². The smallest absolute Gasteiger partial charge is 0.244 e. The number of guanidine groups is 1. The van der Waals surface area contributed by atoms with Crippen molar-refractivity contribution in [1.29, 1.82) is 0 Å². The number of rotatable bonds is 6. The quantitative estimate of drug-likeness (QED) is 0.421. The van der Waals surface area contributed by atoms with Crippen LogP contribution in [0.4, 0.5) is 0 Å². The summed E-state index contributed by atoms with van der Waals surface area (Å²) in [6.45, 7) is 4.60. The normalized spacial score (nSPS) is 11.0. The van der Waals surface area contributed by atoms with E-state index in [2.05, 4.69) is 15.3 Å². The van der Waals surface area contributed by atoms with E-state index in [-0.39, 0.29) is 42.5 Å². The number of carbonyl (C=O) groups excluding carboxylic acids is 1. The van der Waals surface area contributed by atoms with E-state index in [0.717, 1.165) is 12.1 Å². The van der Waals surface area contributed by atoms with Gasteiger partial charge in [-0.1, -0.05) is 6.07 Å². The van der Waals surface area contributed by atoms with E-state index in [9.17, 15) is 4.79 Å². The van der Waals surface area contributed by atoms with Gasteiger partial charge in [0, 0.05) is 37.9 Å². The average molecular weight is 405 g/mol. The number of carbonyl (C=O) groups is 1. The minimum absolute atomic E-state index is 0. The highest BCUT2D eigenvalue weighted by Gasteiger charge is 2.08. The van der Waals surface area contributed by atoms with Crippen molar-refractivity contribution in [3.05, 3.63) is 30.1 Å². The Morgan fingerprint density at radius 1 is 1.48 bits per heavy atom. The molecule has 0 aliphatic heterocycles. The van der Waals surface area contributed by atoms with E-state index >= 15 is 0 Å². The standard InChI is InChI=1S/C14H23N5O.HI/c1-11(2)18-14(15)17-10-13(20)19(3)9-7-12-6-4-5-8-16-12;/h4-6,8,11H,7,9-10H2,1-3H3,(H3,15,17,18);1H. The van der Waals surface area contributed by atoms with E-state index in [4.69, 9.17) is 5.73 Å². The molecule has 1 heterocycles. The van der Waals surface area contributed by atoms with Crippen LogP contribution in [0, 0.1) is 0 Å². The van der Waals surface area contributed by atoms with Gasteiger partial charge >= 0.3 is 0 Å². The predicted octanol–water partition coefficient (Wildman–Crippen LogP) is 1.01. The van der Waals surface area contributed by atoms with Crippen molar-refractivity contribution in [2.45, 2.75) is 26.3 Å². The lowest BCUT2D eigenvalue weighted by Crippen LogP contribution is -2.38. The Labute approximate surface area is 143 Å². The number of hydrogen-bond acceptors (Lipinski definition) is 3. The van der Waals surface area contributed by atoms with E-state index in [1.807, 2.05) is 32.0 Å². The van der Waals surface area contributed by atoms with Gasteiger partial charge in [-0.05, 0) is 26.0 Å². The third-order valence-electron chi connectivity index (χ3n) is 2.68. The molecule has 0 unspecified atom stereocenters. The fraction of sp³-hybridized carbons (Fsp3) is 0.500. The summed E-state index contributed by atoms with van der Waals surface area (Å²) in [7, 11) is 1.76. The molecule has 21 heavy (non-hydrogen) atoms. The van der Waals surface area contributed by atoms with Gasteiger partial charge in [0.25, 0.3) is 0 Å². The first-order chi connectivity index (χ1) is 9.49. The van der Waals surface area contributed by atoms with E-state index in [0.29, 0.717) is 12.5 Å². The molecule has 0 bridgehead atoms. The molecule has 0 aliphatic rings. The summed E-state index contributed by atoms with van der Waals surface area (Å²) in [6, 6.07) is 5.96. The number of hydrogen-bond donors (Lipinski definition) is 2. The van der Waals surface area contributed by atoms with Gasteiger partial charge in [-0.3, -0.25) is 9.78 Å². The molecule has 7 heteroatoms. The molecular weight excluding hydrogens is 381 g/mol. The highest BCUT2D eigenvalue weighted by atomic mass is 127. The molecule has 0 saturated carbocycles. The van der Waals surface area contributed by atoms with Crippen molar-refractivity contribution in [3.8, 4) is 0 Å². The van der Waals surface area contributed by atoms with Gasteiger partial charge in [0.15, 0.2) is 5.96 Å². The average Bonchev–Trinajstić information content (AvgIpc) is 2.42. The summed E-state index contributed by atoms with van der Waals surface area (Å²) in [5.41, 5.74) is 6.62. The topological polar surface area (TPSA) is 83.6 Å². The second-order valence-corrected chi connectivity index (χ2v) is 4.89. The summed E-state index contributed by atoms with van der Waals surface area (Å²) in [6.07, 6.45) is 2.48. The zero-order valence-electron chi connectivity index (χ0n) is 12.7. The van der Waals surface area contributed by atoms with Crippen LogP contribution in [0.3, 0.4) is 0 Å². The van der Waals surface area contributed by atoms with Crippen LogP contribution in [-0.2, 0) is 11.2 Å². The molecular formula is C14H24IN5O. The Kier molecular flexibility index (Phi) is 9.68. The molecule has 1 aromatic heterocycles. The number of pyridine rings is 1. The lowest BCUT2D eigenvalue weighted by molar-refractivity contribution is -0.128. The zero-order chi connectivity index (χ0) is 15.0.